The lowest BCUT2D eigenvalue weighted by atomic mass is 10.2. The Balaban J connectivity index is 2.44. The van der Waals surface area contributed by atoms with Crippen LogP contribution in [-0.2, 0) is 6.54 Å². The van der Waals surface area contributed by atoms with E-state index < -0.39 is 0 Å². The second-order valence-corrected chi connectivity index (χ2v) is 3.40. The van der Waals surface area contributed by atoms with Crippen LogP contribution < -0.4 is 4.74 Å². The Morgan fingerprint density at radius 2 is 2.29 bits per heavy atom. The summed E-state index contributed by atoms with van der Waals surface area (Å²) >= 11 is 0. The van der Waals surface area contributed by atoms with Crippen LogP contribution in [0.1, 0.15) is 0 Å². The lowest BCUT2D eigenvalue weighted by Gasteiger charge is -2.05. The molecule has 0 spiro atoms. The average Bonchev–Trinajstić information content (AvgIpc) is 2.71. The van der Waals surface area contributed by atoms with E-state index in [-0.39, 0.29) is 0 Å². The van der Waals surface area contributed by atoms with Gasteiger partial charge in [0.2, 0.25) is 5.88 Å². The minimum Gasteiger partial charge on any atom is -0.473 e. The van der Waals surface area contributed by atoms with E-state index in [1.165, 1.54) is 6.21 Å². The summed E-state index contributed by atoms with van der Waals surface area (Å²) in [7, 11) is 0. The fourth-order valence-corrected chi connectivity index (χ4v) is 1.58. The monoisotopic (exact) mass is 231 g/mol. The summed E-state index contributed by atoms with van der Waals surface area (Å²) < 4.78 is 7.22. The Bertz CT molecular complexity index is 546. The van der Waals surface area contributed by atoms with Crippen molar-refractivity contribution in [3.63, 3.8) is 0 Å². The van der Waals surface area contributed by atoms with Crippen LogP contribution in [0.25, 0.3) is 10.9 Å². The van der Waals surface area contributed by atoms with Crippen molar-refractivity contribution in [1.29, 1.82) is 0 Å². The molecule has 17 heavy (non-hydrogen) atoms. The molecule has 0 aliphatic rings. The van der Waals surface area contributed by atoms with Gasteiger partial charge in [-0.1, -0.05) is 24.8 Å². The van der Waals surface area contributed by atoms with Crippen LogP contribution >= 0.6 is 0 Å². The van der Waals surface area contributed by atoms with E-state index in [1.807, 2.05) is 24.3 Å². The molecular formula is C12H13N3O2. The number of ether oxygens (including phenoxy) is 1. The summed E-state index contributed by atoms with van der Waals surface area (Å²) in [6.45, 7) is 4.38. The molecule has 5 heteroatoms. The maximum Gasteiger partial charge on any atom is 0.220 e. The summed E-state index contributed by atoms with van der Waals surface area (Å²) in [4.78, 5) is 0. The molecule has 0 aliphatic heterocycles. The van der Waals surface area contributed by atoms with Gasteiger partial charge in [-0.2, -0.15) is 5.10 Å². The maximum atomic E-state index is 8.44. The van der Waals surface area contributed by atoms with Crippen LogP contribution in [0.5, 0.6) is 5.88 Å². The van der Waals surface area contributed by atoms with Crippen LogP contribution in [0.4, 0.5) is 0 Å². The minimum absolute atomic E-state index is 0.359. The van der Waals surface area contributed by atoms with Crippen molar-refractivity contribution in [2.45, 2.75) is 6.54 Å². The van der Waals surface area contributed by atoms with Gasteiger partial charge in [0.25, 0.3) is 0 Å². The third-order valence-corrected chi connectivity index (χ3v) is 2.27. The van der Waals surface area contributed by atoms with Crippen molar-refractivity contribution in [1.82, 2.24) is 9.78 Å². The Hall–Kier alpha value is -2.30. The highest BCUT2D eigenvalue weighted by Crippen LogP contribution is 2.25. The Morgan fingerprint density at radius 1 is 1.47 bits per heavy atom. The number of oxime groups is 1. The largest absolute Gasteiger partial charge is 0.473 e. The van der Waals surface area contributed by atoms with E-state index >= 15 is 0 Å². The number of benzene rings is 1. The molecule has 88 valence electrons. The van der Waals surface area contributed by atoms with E-state index in [4.69, 9.17) is 9.94 Å². The van der Waals surface area contributed by atoms with E-state index in [9.17, 15) is 0 Å². The first kappa shape index (κ1) is 11.2. The molecule has 1 N–H and O–H groups in total. The van der Waals surface area contributed by atoms with Gasteiger partial charge in [0.1, 0.15) is 6.61 Å². The molecule has 0 amide bonds. The topological polar surface area (TPSA) is 59.6 Å². The van der Waals surface area contributed by atoms with Crippen molar-refractivity contribution in [2.24, 2.45) is 5.16 Å². The zero-order chi connectivity index (χ0) is 12.1. The van der Waals surface area contributed by atoms with Gasteiger partial charge in [-0.05, 0) is 12.1 Å². The summed E-state index contributed by atoms with van der Waals surface area (Å²) in [5.41, 5.74) is 0.845. The third kappa shape index (κ3) is 2.28. The van der Waals surface area contributed by atoms with Gasteiger partial charge in [-0.3, -0.25) is 0 Å². The van der Waals surface area contributed by atoms with Gasteiger partial charge in [0.15, 0.2) is 0 Å². The molecular weight excluding hydrogens is 218 g/mol. The molecule has 0 unspecified atom stereocenters. The van der Waals surface area contributed by atoms with E-state index in [2.05, 4.69) is 16.8 Å². The Kier molecular flexibility index (Phi) is 3.40. The molecule has 2 rings (SSSR count). The van der Waals surface area contributed by atoms with E-state index in [0.29, 0.717) is 19.0 Å². The second-order valence-electron chi connectivity index (χ2n) is 3.40. The normalized spacial score (nSPS) is 11.1. The second kappa shape index (κ2) is 5.16. The zero-order valence-electron chi connectivity index (χ0n) is 9.28. The van der Waals surface area contributed by atoms with Crippen molar-refractivity contribution in [3.05, 3.63) is 36.9 Å². The molecule has 0 fully saturated rings. The van der Waals surface area contributed by atoms with Gasteiger partial charge in [-0.15, -0.1) is 5.16 Å². The van der Waals surface area contributed by atoms with Gasteiger partial charge in [0, 0.05) is 0 Å². The number of rotatable bonds is 5. The number of hydrogen-bond donors (Lipinski definition) is 1. The van der Waals surface area contributed by atoms with E-state index in [0.717, 1.165) is 10.9 Å². The van der Waals surface area contributed by atoms with Crippen LogP contribution in [0.2, 0.25) is 0 Å². The fourth-order valence-electron chi connectivity index (χ4n) is 1.58. The van der Waals surface area contributed by atoms with Crippen molar-refractivity contribution < 1.29 is 9.94 Å². The molecule has 0 saturated heterocycles. The van der Waals surface area contributed by atoms with Crippen molar-refractivity contribution >= 4 is 17.1 Å². The van der Waals surface area contributed by atoms with Gasteiger partial charge >= 0.3 is 0 Å². The molecule has 0 radical (unpaired) electrons. The van der Waals surface area contributed by atoms with Crippen LogP contribution in [-0.4, -0.2) is 27.8 Å². The first-order chi connectivity index (χ1) is 8.36. The first-order valence-electron chi connectivity index (χ1n) is 5.22. The number of aromatic nitrogens is 2. The minimum atomic E-state index is 0.359. The molecule has 0 aliphatic carbocycles. The molecule has 0 bridgehead atoms. The summed E-state index contributed by atoms with van der Waals surface area (Å²) in [5.74, 6) is 0.653. The molecule has 1 aromatic heterocycles. The number of nitrogens with zero attached hydrogens (tertiary/aromatic N) is 3. The molecule has 1 heterocycles. The van der Waals surface area contributed by atoms with Crippen molar-refractivity contribution in [3.8, 4) is 5.88 Å². The third-order valence-electron chi connectivity index (χ3n) is 2.27. The zero-order valence-corrected chi connectivity index (χ0v) is 9.28. The van der Waals surface area contributed by atoms with Gasteiger partial charge in [0.05, 0.1) is 23.7 Å². The fraction of sp³-hybridized carbons (Fsp3) is 0.167. The average molecular weight is 231 g/mol. The standard InChI is InChI=1S/C12H13N3O2/c1-2-9-17-12-10-5-3-4-6-11(10)14-15(12)8-7-13-16/h2-7,16H,1,8-9H2/b13-7+. The molecule has 1 aromatic carbocycles. The smallest absolute Gasteiger partial charge is 0.220 e. The molecule has 0 atom stereocenters. The van der Waals surface area contributed by atoms with Crippen LogP contribution in [0, 0.1) is 0 Å². The highest BCUT2D eigenvalue weighted by molar-refractivity contribution is 5.84. The first-order valence-corrected chi connectivity index (χ1v) is 5.22. The Labute approximate surface area is 98.6 Å². The van der Waals surface area contributed by atoms with Gasteiger partial charge < -0.3 is 9.94 Å². The number of fused-ring (bicyclic) bond motifs is 1. The number of hydrogen-bond acceptors (Lipinski definition) is 4. The van der Waals surface area contributed by atoms with Gasteiger partial charge in [-0.25, -0.2) is 4.68 Å². The maximum absolute atomic E-state index is 8.44. The lowest BCUT2D eigenvalue weighted by Crippen LogP contribution is -2.06. The lowest BCUT2D eigenvalue weighted by molar-refractivity contribution is 0.315. The van der Waals surface area contributed by atoms with E-state index in [1.54, 1.807) is 10.8 Å². The summed E-state index contributed by atoms with van der Waals surface area (Å²) in [6, 6.07) is 7.68. The molecule has 2 aromatic rings. The molecule has 0 saturated carbocycles. The SMILES string of the molecule is C=CCOc1c2ccccc2nn1C/C=N/O. The summed E-state index contributed by atoms with van der Waals surface area (Å²) in [6.07, 6.45) is 3.03. The highest BCUT2D eigenvalue weighted by Gasteiger charge is 2.10. The quantitative estimate of drug-likeness (QED) is 0.371. The highest BCUT2D eigenvalue weighted by atomic mass is 16.5. The predicted octanol–water partition coefficient (Wildman–Crippen LogP) is 2.06. The predicted molar refractivity (Wildman–Crippen MR) is 65.7 cm³/mol. The molecule has 5 nitrogen and oxygen atoms in total. The van der Waals surface area contributed by atoms with Crippen LogP contribution in [0.15, 0.2) is 42.1 Å². The summed E-state index contributed by atoms with van der Waals surface area (Å²) in [5, 5.41) is 16.7. The van der Waals surface area contributed by atoms with Crippen molar-refractivity contribution in [2.75, 3.05) is 6.61 Å². The Morgan fingerprint density at radius 3 is 3.06 bits per heavy atom. The van der Waals surface area contributed by atoms with Crippen LogP contribution in [0.3, 0.4) is 0 Å².